The van der Waals surface area contributed by atoms with Gasteiger partial charge >= 0.3 is 0 Å². The van der Waals surface area contributed by atoms with Gasteiger partial charge in [-0.15, -0.1) is 0 Å². The van der Waals surface area contributed by atoms with Crippen LogP contribution in [0.25, 0.3) is 0 Å². The number of piperazine rings is 1. The zero-order valence-corrected chi connectivity index (χ0v) is 12.1. The fourth-order valence-electron chi connectivity index (χ4n) is 2.60. The molecule has 1 aliphatic heterocycles. The van der Waals surface area contributed by atoms with Crippen molar-refractivity contribution in [2.75, 3.05) is 19.6 Å². The lowest BCUT2D eigenvalue weighted by Crippen LogP contribution is -2.53. The van der Waals surface area contributed by atoms with E-state index < -0.39 is 0 Å². The maximum absolute atomic E-state index is 12.6. The molecule has 1 amide bonds. The molecular weight excluding hydrogens is 236 g/mol. The third-order valence-electron chi connectivity index (χ3n) is 4.04. The van der Waals surface area contributed by atoms with E-state index in [2.05, 4.69) is 43.4 Å². The van der Waals surface area contributed by atoms with Crippen LogP contribution in [0.5, 0.6) is 0 Å². The first-order valence-electron chi connectivity index (χ1n) is 7.23. The van der Waals surface area contributed by atoms with Gasteiger partial charge in [0.2, 0.25) is 5.91 Å². The standard InChI is InChI=1S/C16H24N2O/c1-4-14-5-7-15(8-6-14)13(3)16(19)18-10-9-17-11-12(18)2/h5-8,12-13,17H,4,9-11H2,1-3H3/t12-,13?/m0/s1. The lowest BCUT2D eigenvalue weighted by molar-refractivity contribution is -0.135. The zero-order chi connectivity index (χ0) is 13.8. The third-order valence-corrected chi connectivity index (χ3v) is 4.04. The number of benzene rings is 1. The smallest absolute Gasteiger partial charge is 0.230 e. The van der Waals surface area contributed by atoms with Crippen molar-refractivity contribution in [3.63, 3.8) is 0 Å². The molecule has 2 atom stereocenters. The molecule has 1 aromatic rings. The highest BCUT2D eigenvalue weighted by Crippen LogP contribution is 2.20. The second kappa shape index (κ2) is 6.20. The predicted molar refractivity (Wildman–Crippen MR) is 78.3 cm³/mol. The summed E-state index contributed by atoms with van der Waals surface area (Å²) in [5, 5.41) is 3.32. The van der Waals surface area contributed by atoms with Gasteiger partial charge < -0.3 is 10.2 Å². The predicted octanol–water partition coefficient (Wildman–Crippen LogP) is 2.17. The summed E-state index contributed by atoms with van der Waals surface area (Å²) < 4.78 is 0. The Hall–Kier alpha value is -1.35. The van der Waals surface area contributed by atoms with Gasteiger partial charge in [-0.05, 0) is 31.4 Å². The number of nitrogens with zero attached hydrogens (tertiary/aromatic N) is 1. The van der Waals surface area contributed by atoms with Crippen molar-refractivity contribution in [3.8, 4) is 0 Å². The number of rotatable bonds is 3. The van der Waals surface area contributed by atoms with Crippen molar-refractivity contribution in [3.05, 3.63) is 35.4 Å². The maximum atomic E-state index is 12.6. The van der Waals surface area contributed by atoms with Crippen molar-refractivity contribution >= 4 is 5.91 Å². The van der Waals surface area contributed by atoms with Crippen LogP contribution < -0.4 is 5.32 Å². The quantitative estimate of drug-likeness (QED) is 0.903. The van der Waals surface area contributed by atoms with Crippen molar-refractivity contribution in [2.24, 2.45) is 0 Å². The molecule has 0 aliphatic carbocycles. The van der Waals surface area contributed by atoms with E-state index in [1.807, 2.05) is 11.8 Å². The minimum absolute atomic E-state index is 0.0496. The van der Waals surface area contributed by atoms with Crippen LogP contribution in [0.15, 0.2) is 24.3 Å². The van der Waals surface area contributed by atoms with Crippen molar-refractivity contribution in [1.29, 1.82) is 0 Å². The Bertz CT molecular complexity index is 427. The number of carbonyl (C=O) groups excluding carboxylic acids is 1. The monoisotopic (exact) mass is 260 g/mol. The molecule has 1 aromatic carbocycles. The molecule has 104 valence electrons. The van der Waals surface area contributed by atoms with Gasteiger partial charge in [-0.25, -0.2) is 0 Å². The molecule has 1 unspecified atom stereocenters. The van der Waals surface area contributed by atoms with Crippen molar-refractivity contribution in [2.45, 2.75) is 39.2 Å². The highest BCUT2D eigenvalue weighted by Gasteiger charge is 2.27. The summed E-state index contributed by atoms with van der Waals surface area (Å²) in [6.45, 7) is 8.88. The van der Waals surface area contributed by atoms with Gasteiger partial charge in [-0.2, -0.15) is 0 Å². The maximum Gasteiger partial charge on any atom is 0.230 e. The van der Waals surface area contributed by atoms with Gasteiger partial charge in [0.25, 0.3) is 0 Å². The lowest BCUT2D eigenvalue weighted by atomic mass is 9.97. The van der Waals surface area contributed by atoms with Crippen LogP contribution in [0, 0.1) is 0 Å². The van der Waals surface area contributed by atoms with E-state index in [9.17, 15) is 4.79 Å². The molecule has 0 spiro atoms. The van der Waals surface area contributed by atoms with Crippen molar-refractivity contribution in [1.82, 2.24) is 10.2 Å². The van der Waals surface area contributed by atoms with E-state index in [0.29, 0.717) is 6.04 Å². The Morgan fingerprint density at radius 1 is 1.42 bits per heavy atom. The Morgan fingerprint density at radius 2 is 2.11 bits per heavy atom. The molecule has 1 fully saturated rings. The fraction of sp³-hybridized carbons (Fsp3) is 0.562. The summed E-state index contributed by atoms with van der Waals surface area (Å²) in [5.41, 5.74) is 2.44. The summed E-state index contributed by atoms with van der Waals surface area (Å²) in [6, 6.07) is 8.72. The van der Waals surface area contributed by atoms with Crippen LogP contribution in [0.2, 0.25) is 0 Å². The normalized spacial score (nSPS) is 21.2. The Labute approximate surface area is 116 Å². The minimum Gasteiger partial charge on any atom is -0.337 e. The van der Waals surface area contributed by atoms with Gasteiger partial charge in [-0.3, -0.25) is 4.79 Å². The number of amides is 1. The van der Waals surface area contributed by atoms with E-state index in [1.54, 1.807) is 0 Å². The van der Waals surface area contributed by atoms with E-state index in [0.717, 1.165) is 31.6 Å². The molecule has 0 saturated carbocycles. The van der Waals surface area contributed by atoms with Gasteiger partial charge in [0.15, 0.2) is 0 Å². The average molecular weight is 260 g/mol. The van der Waals surface area contributed by atoms with E-state index >= 15 is 0 Å². The lowest BCUT2D eigenvalue weighted by Gasteiger charge is -2.35. The third kappa shape index (κ3) is 3.16. The summed E-state index contributed by atoms with van der Waals surface area (Å²) in [4.78, 5) is 14.6. The SMILES string of the molecule is CCc1ccc(C(C)C(=O)N2CCNC[C@@H]2C)cc1. The molecule has 1 heterocycles. The van der Waals surface area contributed by atoms with Crippen LogP contribution >= 0.6 is 0 Å². The molecule has 3 nitrogen and oxygen atoms in total. The molecule has 2 rings (SSSR count). The number of hydrogen-bond donors (Lipinski definition) is 1. The number of hydrogen-bond acceptors (Lipinski definition) is 2. The second-order valence-corrected chi connectivity index (χ2v) is 5.40. The van der Waals surface area contributed by atoms with Crippen LogP contribution in [0.4, 0.5) is 0 Å². The van der Waals surface area contributed by atoms with Crippen LogP contribution in [0.3, 0.4) is 0 Å². The highest BCUT2D eigenvalue weighted by atomic mass is 16.2. The highest BCUT2D eigenvalue weighted by molar-refractivity contribution is 5.83. The van der Waals surface area contributed by atoms with Crippen LogP contribution in [-0.2, 0) is 11.2 Å². The Balaban J connectivity index is 2.08. The van der Waals surface area contributed by atoms with Gasteiger partial charge in [0, 0.05) is 25.7 Å². The number of carbonyl (C=O) groups is 1. The Kier molecular flexibility index (Phi) is 4.59. The van der Waals surface area contributed by atoms with E-state index in [-0.39, 0.29) is 11.8 Å². The van der Waals surface area contributed by atoms with Crippen LogP contribution in [-0.4, -0.2) is 36.5 Å². The molecule has 0 radical (unpaired) electrons. The number of nitrogens with one attached hydrogen (secondary N) is 1. The molecule has 3 heteroatoms. The summed E-state index contributed by atoms with van der Waals surface area (Å²) >= 11 is 0. The topological polar surface area (TPSA) is 32.3 Å². The number of aryl methyl sites for hydroxylation is 1. The first-order valence-corrected chi connectivity index (χ1v) is 7.23. The second-order valence-electron chi connectivity index (χ2n) is 5.40. The summed E-state index contributed by atoms with van der Waals surface area (Å²) in [5.74, 6) is 0.199. The van der Waals surface area contributed by atoms with Crippen LogP contribution in [0.1, 0.15) is 37.8 Å². The van der Waals surface area contributed by atoms with Gasteiger partial charge in [-0.1, -0.05) is 31.2 Å². The van der Waals surface area contributed by atoms with E-state index in [4.69, 9.17) is 0 Å². The minimum atomic E-state index is -0.0496. The van der Waals surface area contributed by atoms with Gasteiger partial charge in [0.05, 0.1) is 5.92 Å². The average Bonchev–Trinajstić information content (AvgIpc) is 2.46. The first-order chi connectivity index (χ1) is 9.13. The zero-order valence-electron chi connectivity index (χ0n) is 12.1. The van der Waals surface area contributed by atoms with E-state index in [1.165, 1.54) is 5.56 Å². The fourth-order valence-corrected chi connectivity index (χ4v) is 2.60. The molecule has 0 aromatic heterocycles. The molecule has 0 bridgehead atoms. The molecule has 19 heavy (non-hydrogen) atoms. The van der Waals surface area contributed by atoms with Gasteiger partial charge in [0.1, 0.15) is 0 Å². The molecular formula is C16H24N2O. The molecule has 1 N–H and O–H groups in total. The first kappa shape index (κ1) is 14.1. The molecule has 1 aliphatic rings. The Morgan fingerprint density at radius 3 is 2.68 bits per heavy atom. The summed E-state index contributed by atoms with van der Waals surface area (Å²) in [6.07, 6.45) is 1.04. The van der Waals surface area contributed by atoms with Crippen molar-refractivity contribution < 1.29 is 4.79 Å². The largest absolute Gasteiger partial charge is 0.337 e. The molecule has 1 saturated heterocycles. The summed E-state index contributed by atoms with van der Waals surface area (Å²) in [7, 11) is 0.